The summed E-state index contributed by atoms with van der Waals surface area (Å²) in [6.07, 6.45) is -4.49. The number of aryl methyl sites for hydroxylation is 1. The molecule has 0 spiro atoms. The first-order valence-corrected chi connectivity index (χ1v) is 7.74. The lowest BCUT2D eigenvalue weighted by atomic mass is 10.0. The Balaban J connectivity index is 2.36. The van der Waals surface area contributed by atoms with Crippen molar-refractivity contribution in [3.05, 3.63) is 64.7 Å². The van der Waals surface area contributed by atoms with E-state index in [2.05, 4.69) is 0 Å². The number of ketones is 1. The highest BCUT2D eigenvalue weighted by Gasteiger charge is 2.30. The van der Waals surface area contributed by atoms with Crippen molar-refractivity contribution in [1.29, 1.82) is 0 Å². The normalized spacial score (nSPS) is 12.2. The van der Waals surface area contributed by atoms with E-state index in [4.69, 9.17) is 4.55 Å². The molecule has 0 saturated heterocycles. The molecule has 0 amide bonds. The van der Waals surface area contributed by atoms with Crippen molar-refractivity contribution in [3.8, 4) is 0 Å². The summed E-state index contributed by atoms with van der Waals surface area (Å²) in [5.41, 5.74) is -0.566. The Labute approximate surface area is 130 Å². The van der Waals surface area contributed by atoms with Crippen molar-refractivity contribution >= 4 is 15.9 Å². The first-order chi connectivity index (χ1) is 10.5. The summed E-state index contributed by atoms with van der Waals surface area (Å²) in [5.74, 6) is -0.552. The fourth-order valence-corrected chi connectivity index (χ4v) is 2.76. The summed E-state index contributed by atoms with van der Waals surface area (Å²) in [6, 6.07) is 7.22. The maximum atomic E-state index is 12.5. The zero-order valence-electron chi connectivity index (χ0n) is 11.8. The summed E-state index contributed by atoms with van der Waals surface area (Å²) in [4.78, 5) is 11.9. The molecule has 2 rings (SSSR count). The molecule has 0 saturated carbocycles. The van der Waals surface area contributed by atoms with E-state index in [1.807, 2.05) is 0 Å². The molecule has 0 aliphatic heterocycles. The molecule has 0 aliphatic rings. The molecular formula is C15H11F3O4S. The maximum Gasteiger partial charge on any atom is 0.416 e. The molecule has 0 unspecified atom stereocenters. The van der Waals surface area contributed by atoms with Crippen LogP contribution in [0.25, 0.3) is 0 Å². The van der Waals surface area contributed by atoms with Crippen LogP contribution in [0, 0.1) is 6.92 Å². The lowest BCUT2D eigenvalue weighted by molar-refractivity contribution is -0.137. The minimum Gasteiger partial charge on any atom is -0.289 e. The molecule has 0 bridgehead atoms. The molecule has 4 nitrogen and oxygen atoms in total. The second-order valence-corrected chi connectivity index (χ2v) is 6.25. The van der Waals surface area contributed by atoms with Gasteiger partial charge in [-0.15, -0.1) is 0 Å². The topological polar surface area (TPSA) is 71.4 Å². The van der Waals surface area contributed by atoms with Gasteiger partial charge in [-0.3, -0.25) is 9.35 Å². The quantitative estimate of drug-likeness (QED) is 0.683. The molecule has 0 fully saturated rings. The van der Waals surface area contributed by atoms with E-state index >= 15 is 0 Å². The molecule has 1 N–H and O–H groups in total. The van der Waals surface area contributed by atoms with Crippen molar-refractivity contribution < 1.29 is 30.9 Å². The van der Waals surface area contributed by atoms with Crippen LogP contribution < -0.4 is 0 Å². The molecule has 23 heavy (non-hydrogen) atoms. The monoisotopic (exact) mass is 344 g/mol. The van der Waals surface area contributed by atoms with Gasteiger partial charge in [0.05, 0.1) is 10.5 Å². The third-order valence-corrected chi connectivity index (χ3v) is 4.20. The fraction of sp³-hybridized carbons (Fsp3) is 0.133. The van der Waals surface area contributed by atoms with Crippen LogP contribution in [0.15, 0.2) is 47.4 Å². The van der Waals surface area contributed by atoms with Crippen LogP contribution in [0.4, 0.5) is 13.2 Å². The Hall–Kier alpha value is -2.19. The van der Waals surface area contributed by atoms with Crippen LogP contribution in [0.3, 0.4) is 0 Å². The van der Waals surface area contributed by atoms with Gasteiger partial charge in [0.15, 0.2) is 5.78 Å². The van der Waals surface area contributed by atoms with E-state index in [-0.39, 0.29) is 21.6 Å². The number of benzene rings is 2. The smallest absolute Gasteiger partial charge is 0.289 e. The average Bonchev–Trinajstić information content (AvgIpc) is 2.44. The lowest BCUT2D eigenvalue weighted by Gasteiger charge is -2.08. The summed E-state index contributed by atoms with van der Waals surface area (Å²) < 4.78 is 68.7. The lowest BCUT2D eigenvalue weighted by Crippen LogP contribution is -2.07. The summed E-state index contributed by atoms with van der Waals surface area (Å²) in [7, 11) is -4.40. The number of alkyl halides is 3. The highest BCUT2D eigenvalue weighted by atomic mass is 32.2. The number of rotatable bonds is 3. The molecule has 0 atom stereocenters. The van der Waals surface area contributed by atoms with Gasteiger partial charge in [-0.2, -0.15) is 21.6 Å². The number of carbonyl (C=O) groups is 1. The van der Waals surface area contributed by atoms with Gasteiger partial charge in [-0.1, -0.05) is 12.1 Å². The van der Waals surface area contributed by atoms with Crippen molar-refractivity contribution in [3.63, 3.8) is 0 Å². The average molecular weight is 344 g/mol. The van der Waals surface area contributed by atoms with Crippen LogP contribution in [-0.4, -0.2) is 18.8 Å². The van der Waals surface area contributed by atoms with E-state index in [0.29, 0.717) is 0 Å². The Morgan fingerprint density at radius 1 is 1.00 bits per heavy atom. The van der Waals surface area contributed by atoms with E-state index in [0.717, 1.165) is 30.3 Å². The third kappa shape index (κ3) is 3.77. The number of hydrogen-bond donors (Lipinski definition) is 1. The Morgan fingerprint density at radius 3 is 1.96 bits per heavy atom. The SMILES string of the molecule is Cc1cc(C(=O)c2ccc(C(F)(F)F)cc2)ccc1S(=O)(=O)O. The first kappa shape index (κ1) is 17.2. The highest BCUT2D eigenvalue weighted by molar-refractivity contribution is 7.85. The van der Waals surface area contributed by atoms with E-state index in [1.54, 1.807) is 0 Å². The molecule has 2 aromatic rings. The van der Waals surface area contributed by atoms with Gasteiger partial charge < -0.3 is 0 Å². The van der Waals surface area contributed by atoms with Crippen LogP contribution in [0.5, 0.6) is 0 Å². The van der Waals surface area contributed by atoms with Crippen LogP contribution in [-0.2, 0) is 16.3 Å². The largest absolute Gasteiger partial charge is 0.416 e. The van der Waals surface area contributed by atoms with Crippen molar-refractivity contribution in [2.24, 2.45) is 0 Å². The Morgan fingerprint density at radius 2 is 1.52 bits per heavy atom. The number of halogens is 3. The van der Waals surface area contributed by atoms with Crippen LogP contribution >= 0.6 is 0 Å². The van der Waals surface area contributed by atoms with Crippen molar-refractivity contribution in [2.75, 3.05) is 0 Å². The van der Waals surface area contributed by atoms with Gasteiger partial charge in [0.2, 0.25) is 0 Å². The molecule has 0 aromatic heterocycles. The minimum absolute atomic E-state index is 0.0389. The highest BCUT2D eigenvalue weighted by Crippen LogP contribution is 2.29. The van der Waals surface area contributed by atoms with Gasteiger partial charge in [0.1, 0.15) is 0 Å². The minimum atomic E-state index is -4.49. The zero-order chi connectivity index (χ0) is 17.4. The molecule has 0 heterocycles. The Bertz CT molecular complexity index is 853. The molecule has 2 aromatic carbocycles. The van der Waals surface area contributed by atoms with Gasteiger partial charge in [-0.05, 0) is 42.8 Å². The van der Waals surface area contributed by atoms with Crippen molar-refractivity contribution in [2.45, 2.75) is 18.0 Å². The fourth-order valence-electron chi connectivity index (χ4n) is 2.06. The van der Waals surface area contributed by atoms with Crippen LogP contribution in [0.1, 0.15) is 27.0 Å². The summed E-state index contributed by atoms with van der Waals surface area (Å²) in [6.45, 7) is 1.40. The summed E-state index contributed by atoms with van der Waals surface area (Å²) >= 11 is 0. The second kappa shape index (κ2) is 5.78. The summed E-state index contributed by atoms with van der Waals surface area (Å²) in [5, 5.41) is 0. The standard InChI is InChI=1S/C15H11F3O4S/c1-9-8-11(4-7-13(9)23(20,21)22)14(19)10-2-5-12(6-3-10)15(16,17)18/h2-8H,1H3,(H,20,21,22). The third-order valence-electron chi connectivity index (χ3n) is 3.19. The number of hydrogen-bond acceptors (Lipinski definition) is 3. The van der Waals surface area contributed by atoms with Gasteiger partial charge in [0.25, 0.3) is 10.1 Å². The molecule has 0 radical (unpaired) electrons. The van der Waals surface area contributed by atoms with E-state index < -0.39 is 27.6 Å². The molecular weight excluding hydrogens is 333 g/mol. The molecule has 8 heteroatoms. The van der Waals surface area contributed by atoms with Gasteiger partial charge in [0, 0.05) is 11.1 Å². The van der Waals surface area contributed by atoms with Crippen LogP contribution in [0.2, 0.25) is 0 Å². The van der Waals surface area contributed by atoms with E-state index in [1.165, 1.54) is 19.1 Å². The van der Waals surface area contributed by atoms with Gasteiger partial charge >= 0.3 is 6.18 Å². The predicted molar refractivity (Wildman–Crippen MR) is 75.9 cm³/mol. The molecule has 0 aliphatic carbocycles. The first-order valence-electron chi connectivity index (χ1n) is 6.30. The van der Waals surface area contributed by atoms with Crippen molar-refractivity contribution in [1.82, 2.24) is 0 Å². The number of carbonyl (C=O) groups excluding carboxylic acids is 1. The second-order valence-electron chi connectivity index (χ2n) is 4.86. The van der Waals surface area contributed by atoms with Gasteiger partial charge in [-0.25, -0.2) is 0 Å². The maximum absolute atomic E-state index is 12.5. The zero-order valence-corrected chi connectivity index (χ0v) is 12.6. The predicted octanol–water partition coefficient (Wildman–Crippen LogP) is 3.49. The molecule has 122 valence electrons. The van der Waals surface area contributed by atoms with E-state index in [9.17, 15) is 26.4 Å². The Kier molecular flexibility index (Phi) is 4.32.